The Morgan fingerprint density at radius 1 is 1.18 bits per heavy atom. The van der Waals surface area contributed by atoms with Gasteiger partial charge in [-0.3, -0.25) is 4.79 Å². The van der Waals surface area contributed by atoms with Crippen LogP contribution in [0.1, 0.15) is 45.6 Å². The van der Waals surface area contributed by atoms with Crippen LogP contribution in [0.15, 0.2) is 41.1 Å². The van der Waals surface area contributed by atoms with Gasteiger partial charge < -0.3 is 10.2 Å². The fourth-order valence-corrected chi connectivity index (χ4v) is 5.17. The predicted molar refractivity (Wildman–Crippen MR) is 117 cm³/mol. The standard InChI is InChI=1S/C22H25N3OS2/c1-15-16(2)28-22(24-15)20(12-18-9-11-27-14-18)23-13-17-5-7-19(8-6-17)25-10-3-4-21(25)26/h5-9,11,14,20,23H,3-4,10,12-13H2,1-2H3. The SMILES string of the molecule is Cc1nc(C(Cc2ccsc2)NCc2ccc(N3CCCC3=O)cc2)sc1C. The predicted octanol–water partition coefficient (Wildman–Crippen LogP) is 5.02. The number of amides is 1. The average molecular weight is 412 g/mol. The van der Waals surface area contributed by atoms with E-state index in [1.165, 1.54) is 16.0 Å². The second-order valence-electron chi connectivity index (χ2n) is 7.28. The molecule has 3 heterocycles. The highest BCUT2D eigenvalue weighted by Gasteiger charge is 2.21. The van der Waals surface area contributed by atoms with Crippen molar-refractivity contribution >= 4 is 34.3 Å². The van der Waals surface area contributed by atoms with E-state index in [2.05, 4.69) is 60.3 Å². The number of anilines is 1. The number of aryl methyl sites for hydroxylation is 2. The van der Waals surface area contributed by atoms with E-state index >= 15 is 0 Å². The maximum atomic E-state index is 11.9. The zero-order valence-electron chi connectivity index (χ0n) is 16.3. The summed E-state index contributed by atoms with van der Waals surface area (Å²) in [7, 11) is 0. The van der Waals surface area contributed by atoms with Gasteiger partial charge in [0.2, 0.25) is 5.91 Å². The number of aromatic nitrogens is 1. The Labute approximate surface area is 174 Å². The third kappa shape index (κ3) is 4.35. The molecule has 0 spiro atoms. The molecule has 6 heteroatoms. The van der Waals surface area contributed by atoms with E-state index in [9.17, 15) is 4.79 Å². The summed E-state index contributed by atoms with van der Waals surface area (Å²) in [5.41, 5.74) is 4.69. The van der Waals surface area contributed by atoms with Crippen LogP contribution in [0.25, 0.3) is 0 Å². The van der Waals surface area contributed by atoms with Gasteiger partial charge in [0.1, 0.15) is 5.01 Å². The second kappa shape index (κ2) is 8.55. The first-order valence-electron chi connectivity index (χ1n) is 9.68. The van der Waals surface area contributed by atoms with E-state index in [1.807, 2.05) is 4.90 Å². The lowest BCUT2D eigenvalue weighted by Gasteiger charge is -2.18. The summed E-state index contributed by atoms with van der Waals surface area (Å²) >= 11 is 3.52. The van der Waals surface area contributed by atoms with E-state index < -0.39 is 0 Å². The molecule has 0 aliphatic carbocycles. The number of benzene rings is 1. The highest BCUT2D eigenvalue weighted by atomic mass is 32.1. The van der Waals surface area contributed by atoms with Gasteiger partial charge >= 0.3 is 0 Å². The van der Waals surface area contributed by atoms with Crippen molar-refractivity contribution in [1.82, 2.24) is 10.3 Å². The van der Waals surface area contributed by atoms with Gasteiger partial charge in [0.25, 0.3) is 0 Å². The number of carbonyl (C=O) groups is 1. The molecule has 1 N–H and O–H groups in total. The number of rotatable bonds is 7. The Morgan fingerprint density at radius 3 is 2.61 bits per heavy atom. The molecule has 1 saturated heterocycles. The molecular formula is C22H25N3OS2. The summed E-state index contributed by atoms with van der Waals surface area (Å²) in [6.07, 6.45) is 2.57. The molecule has 4 nitrogen and oxygen atoms in total. The molecule has 1 amide bonds. The first-order valence-corrected chi connectivity index (χ1v) is 11.4. The van der Waals surface area contributed by atoms with Gasteiger partial charge in [-0.25, -0.2) is 4.98 Å². The van der Waals surface area contributed by atoms with Crippen molar-refractivity contribution in [3.05, 3.63) is 67.8 Å². The monoisotopic (exact) mass is 411 g/mol. The molecule has 1 unspecified atom stereocenters. The molecule has 0 bridgehead atoms. The van der Waals surface area contributed by atoms with Crippen LogP contribution in [0.4, 0.5) is 5.69 Å². The van der Waals surface area contributed by atoms with Crippen LogP contribution < -0.4 is 10.2 Å². The Balaban J connectivity index is 1.45. The normalized spacial score (nSPS) is 15.4. The molecule has 1 aliphatic heterocycles. The van der Waals surface area contributed by atoms with Crippen molar-refractivity contribution in [3.63, 3.8) is 0 Å². The van der Waals surface area contributed by atoms with Gasteiger partial charge in [-0.1, -0.05) is 12.1 Å². The van der Waals surface area contributed by atoms with Crippen molar-refractivity contribution in [2.45, 2.75) is 45.7 Å². The lowest BCUT2D eigenvalue weighted by atomic mass is 10.1. The molecule has 0 saturated carbocycles. The van der Waals surface area contributed by atoms with E-state index in [1.54, 1.807) is 22.7 Å². The fraction of sp³-hybridized carbons (Fsp3) is 0.364. The molecule has 4 rings (SSSR count). The van der Waals surface area contributed by atoms with Crippen LogP contribution in [0.3, 0.4) is 0 Å². The van der Waals surface area contributed by atoms with Crippen LogP contribution >= 0.6 is 22.7 Å². The Kier molecular flexibility index (Phi) is 5.90. The van der Waals surface area contributed by atoms with E-state index in [4.69, 9.17) is 4.98 Å². The molecule has 0 radical (unpaired) electrons. The van der Waals surface area contributed by atoms with Crippen molar-refractivity contribution < 1.29 is 4.79 Å². The summed E-state index contributed by atoms with van der Waals surface area (Å²) in [4.78, 5) is 19.9. The second-order valence-corrected chi connectivity index (χ2v) is 9.29. The average Bonchev–Trinajstić information content (AvgIpc) is 3.42. The highest BCUT2D eigenvalue weighted by Crippen LogP contribution is 2.27. The van der Waals surface area contributed by atoms with Crippen molar-refractivity contribution in [3.8, 4) is 0 Å². The minimum absolute atomic E-state index is 0.201. The lowest BCUT2D eigenvalue weighted by Crippen LogP contribution is -2.24. The minimum atomic E-state index is 0.201. The third-order valence-corrected chi connectivity index (χ3v) is 7.16. The zero-order chi connectivity index (χ0) is 19.5. The topological polar surface area (TPSA) is 45.2 Å². The number of nitrogens with zero attached hydrogens (tertiary/aromatic N) is 2. The third-order valence-electron chi connectivity index (χ3n) is 5.24. The number of hydrogen-bond acceptors (Lipinski definition) is 5. The van der Waals surface area contributed by atoms with Crippen LogP contribution in [-0.4, -0.2) is 17.4 Å². The van der Waals surface area contributed by atoms with Crippen LogP contribution in [0.5, 0.6) is 0 Å². The molecule has 3 aromatic rings. The summed E-state index contributed by atoms with van der Waals surface area (Å²) in [6.45, 7) is 5.83. The molecule has 1 atom stereocenters. The van der Waals surface area contributed by atoms with Gasteiger partial charge in [0.15, 0.2) is 0 Å². The first kappa shape index (κ1) is 19.3. The van der Waals surface area contributed by atoms with Gasteiger partial charge in [0, 0.05) is 30.1 Å². The van der Waals surface area contributed by atoms with Gasteiger partial charge in [0.05, 0.1) is 11.7 Å². The smallest absolute Gasteiger partial charge is 0.227 e. The Morgan fingerprint density at radius 2 is 2.00 bits per heavy atom. The van der Waals surface area contributed by atoms with Gasteiger partial charge in [-0.15, -0.1) is 11.3 Å². The van der Waals surface area contributed by atoms with E-state index in [-0.39, 0.29) is 11.9 Å². The van der Waals surface area contributed by atoms with Crippen LogP contribution in [0.2, 0.25) is 0 Å². The largest absolute Gasteiger partial charge is 0.312 e. The number of carbonyl (C=O) groups excluding carboxylic acids is 1. The quantitative estimate of drug-likeness (QED) is 0.594. The fourth-order valence-electron chi connectivity index (χ4n) is 3.49. The van der Waals surface area contributed by atoms with Gasteiger partial charge in [-0.2, -0.15) is 11.3 Å². The summed E-state index contributed by atoms with van der Waals surface area (Å²) < 4.78 is 0. The summed E-state index contributed by atoms with van der Waals surface area (Å²) in [5, 5.41) is 9.19. The molecule has 1 aliphatic rings. The maximum Gasteiger partial charge on any atom is 0.227 e. The van der Waals surface area contributed by atoms with E-state index in [0.717, 1.165) is 42.3 Å². The van der Waals surface area contributed by atoms with E-state index in [0.29, 0.717) is 6.42 Å². The van der Waals surface area contributed by atoms with Gasteiger partial charge in [-0.05, 0) is 66.8 Å². The minimum Gasteiger partial charge on any atom is -0.312 e. The van der Waals surface area contributed by atoms with Crippen LogP contribution in [0, 0.1) is 13.8 Å². The maximum absolute atomic E-state index is 11.9. The Bertz CT molecular complexity index is 912. The molecule has 1 fully saturated rings. The summed E-state index contributed by atoms with van der Waals surface area (Å²) in [6, 6.07) is 10.8. The summed E-state index contributed by atoms with van der Waals surface area (Å²) in [5.74, 6) is 0.233. The molecule has 146 valence electrons. The van der Waals surface area contributed by atoms with Crippen molar-refractivity contribution in [2.24, 2.45) is 0 Å². The number of thiophene rings is 1. The number of nitrogens with one attached hydrogen (secondary N) is 1. The van der Waals surface area contributed by atoms with Crippen molar-refractivity contribution in [2.75, 3.05) is 11.4 Å². The Hall–Kier alpha value is -2.02. The lowest BCUT2D eigenvalue weighted by molar-refractivity contribution is -0.117. The first-order chi connectivity index (χ1) is 13.6. The number of hydrogen-bond donors (Lipinski definition) is 1. The zero-order valence-corrected chi connectivity index (χ0v) is 17.9. The molecular weight excluding hydrogens is 386 g/mol. The molecule has 2 aromatic heterocycles. The molecule has 1 aromatic carbocycles. The molecule has 28 heavy (non-hydrogen) atoms. The van der Waals surface area contributed by atoms with Crippen LogP contribution in [-0.2, 0) is 17.8 Å². The van der Waals surface area contributed by atoms with Crippen molar-refractivity contribution in [1.29, 1.82) is 0 Å². The number of thiazole rings is 1. The highest BCUT2D eigenvalue weighted by molar-refractivity contribution is 7.11.